The lowest BCUT2D eigenvalue weighted by atomic mass is 9.66. The van der Waals surface area contributed by atoms with Crippen molar-refractivity contribution in [2.45, 2.75) is 127 Å². The van der Waals surface area contributed by atoms with E-state index in [0.29, 0.717) is 40.4 Å². The number of benzene rings is 19. The summed E-state index contributed by atoms with van der Waals surface area (Å²) in [6.07, 6.45) is 0.441. The molecular weight excluding hydrogens is 1780 g/mol. The first kappa shape index (κ1) is 90.3. The molecule has 0 heterocycles. The second-order valence-electron chi connectivity index (χ2n) is 43.4. The van der Waals surface area contributed by atoms with Gasteiger partial charge in [0.1, 0.15) is 17.2 Å². The monoisotopic (exact) mass is 1890 g/mol. The Hall–Kier alpha value is -17.0. The van der Waals surface area contributed by atoms with E-state index in [0.717, 1.165) is 73.4 Å². The average Bonchev–Trinajstić information content (AvgIpc) is 1.53. The Balaban J connectivity index is 0.539. The number of esters is 3. The maximum Gasteiger partial charge on any atom is 0.343 e. The molecule has 0 saturated carbocycles. The molecule has 6 aliphatic rings. The van der Waals surface area contributed by atoms with Crippen molar-refractivity contribution >= 4 is 69.1 Å². The van der Waals surface area contributed by atoms with Crippen LogP contribution in [-0.4, -0.2) is 17.9 Å². The predicted molar refractivity (Wildman–Crippen MR) is 593 cm³/mol. The third kappa shape index (κ3) is 14.4. The smallest absolute Gasteiger partial charge is 0.343 e. The maximum atomic E-state index is 14.9. The van der Waals surface area contributed by atoms with Crippen LogP contribution in [0.15, 0.2) is 431 Å². The second kappa shape index (κ2) is 33.8. The summed E-state index contributed by atoms with van der Waals surface area (Å²) in [6, 6.07) is 150. The molecule has 146 heavy (non-hydrogen) atoms. The number of carbonyl (C=O) groups is 3. The van der Waals surface area contributed by atoms with Gasteiger partial charge in [-0.25, -0.2) is 14.4 Å². The van der Waals surface area contributed by atoms with Gasteiger partial charge in [0.25, 0.3) is 0 Å². The molecule has 19 aromatic rings. The van der Waals surface area contributed by atoms with E-state index in [1.54, 1.807) is 0 Å². The molecule has 6 aliphatic carbocycles. The van der Waals surface area contributed by atoms with Crippen LogP contribution in [-0.2, 0) is 44.3 Å². The molecule has 0 unspecified atom stereocenters. The number of ether oxygens (including phenoxy) is 3. The Kier molecular flexibility index (Phi) is 20.9. The van der Waals surface area contributed by atoms with Crippen molar-refractivity contribution in [1.29, 1.82) is 0 Å². The average molecular weight is 1890 g/mol. The zero-order valence-corrected chi connectivity index (χ0v) is 84.0. The number of carbonyl (C=O) groups excluding carboxylic acids is 3. The van der Waals surface area contributed by atoms with E-state index in [9.17, 15) is 14.4 Å². The highest BCUT2D eigenvalue weighted by molar-refractivity contribution is 5.98. The van der Waals surface area contributed by atoms with Crippen molar-refractivity contribution in [2.75, 3.05) is 14.7 Å². The van der Waals surface area contributed by atoms with Gasteiger partial charge in [0.05, 0.1) is 16.7 Å². The van der Waals surface area contributed by atoms with Gasteiger partial charge in [0.15, 0.2) is 0 Å². The molecule has 0 N–H and O–H groups in total. The quantitative estimate of drug-likeness (QED) is 0.0420. The molecule has 0 saturated heterocycles. The number of nitrogens with zero attached hydrogens (tertiary/aromatic N) is 3. The lowest BCUT2D eigenvalue weighted by molar-refractivity contribution is 0.0725. The van der Waals surface area contributed by atoms with Crippen LogP contribution in [0.1, 0.15) is 203 Å². The minimum Gasteiger partial charge on any atom is -0.423 e. The highest BCUT2D eigenvalue weighted by Gasteiger charge is 2.45. The Bertz CT molecular complexity index is 7500. The van der Waals surface area contributed by atoms with Crippen molar-refractivity contribution in [2.24, 2.45) is 0 Å². The van der Waals surface area contributed by atoms with Gasteiger partial charge in [-0.15, -0.1) is 0 Å². The zero-order chi connectivity index (χ0) is 99.8. The molecule has 19 aromatic carbocycles. The molecule has 9 nitrogen and oxygen atoms in total. The number of hydrogen-bond acceptors (Lipinski definition) is 9. The molecule has 0 amide bonds. The highest BCUT2D eigenvalue weighted by Crippen LogP contribution is 2.60. The topological polar surface area (TPSA) is 88.6 Å². The van der Waals surface area contributed by atoms with Crippen molar-refractivity contribution in [3.63, 3.8) is 0 Å². The maximum absolute atomic E-state index is 14.9. The van der Waals surface area contributed by atoms with Gasteiger partial charge in [0.2, 0.25) is 0 Å². The summed E-state index contributed by atoms with van der Waals surface area (Å²) in [4.78, 5) is 51.7. The van der Waals surface area contributed by atoms with Gasteiger partial charge in [-0.05, 0) is 344 Å². The van der Waals surface area contributed by atoms with E-state index in [-0.39, 0.29) is 32.5 Å². The molecule has 0 spiro atoms. The van der Waals surface area contributed by atoms with Crippen molar-refractivity contribution in [1.82, 2.24) is 0 Å². The first-order valence-electron chi connectivity index (χ1n) is 50.8. The summed E-state index contributed by atoms with van der Waals surface area (Å²) in [5.74, 6) is -0.494. The van der Waals surface area contributed by atoms with Gasteiger partial charge in [-0.1, -0.05) is 332 Å². The largest absolute Gasteiger partial charge is 0.423 e. The van der Waals surface area contributed by atoms with Crippen LogP contribution >= 0.6 is 0 Å². The first-order valence-corrected chi connectivity index (χ1v) is 50.8. The zero-order valence-electron chi connectivity index (χ0n) is 84.0. The number of anilines is 9. The summed E-state index contributed by atoms with van der Waals surface area (Å²) >= 11 is 0. The van der Waals surface area contributed by atoms with E-state index in [4.69, 9.17) is 14.2 Å². The highest BCUT2D eigenvalue weighted by atomic mass is 16.5. The Morgan fingerprint density at radius 1 is 0.192 bits per heavy atom. The normalized spacial score (nSPS) is 14.7. The van der Waals surface area contributed by atoms with Crippen molar-refractivity contribution in [3.05, 3.63) is 536 Å². The fourth-order valence-electron chi connectivity index (χ4n) is 25.2. The number of hydrogen-bond donors (Lipinski definition) is 0. The van der Waals surface area contributed by atoms with Crippen LogP contribution in [0.3, 0.4) is 0 Å². The van der Waals surface area contributed by atoms with Gasteiger partial charge < -0.3 is 28.9 Å². The summed E-state index contributed by atoms with van der Waals surface area (Å²) < 4.78 is 19.3. The van der Waals surface area contributed by atoms with E-state index >= 15 is 0 Å². The molecule has 0 atom stereocenters. The van der Waals surface area contributed by atoms with E-state index in [2.05, 4.69) is 365 Å². The Morgan fingerprint density at radius 2 is 0.370 bits per heavy atom. The fraction of sp³-hybridized carbons (Fsp3) is 0.146. The molecular formula is C137H109N3O6. The summed E-state index contributed by atoms with van der Waals surface area (Å²) in [5, 5.41) is 0. The Labute approximate surface area is 854 Å². The van der Waals surface area contributed by atoms with Crippen LogP contribution in [0.5, 0.6) is 17.2 Å². The third-order valence-electron chi connectivity index (χ3n) is 33.0. The lowest BCUT2D eigenvalue weighted by Crippen LogP contribution is -2.32. The van der Waals surface area contributed by atoms with Crippen LogP contribution in [0, 0.1) is 0 Å². The Morgan fingerprint density at radius 3 is 0.575 bits per heavy atom. The van der Waals surface area contributed by atoms with E-state index in [1.165, 1.54) is 134 Å². The molecule has 25 rings (SSSR count). The molecule has 0 bridgehead atoms. The van der Waals surface area contributed by atoms with E-state index < -0.39 is 23.3 Å². The fourth-order valence-corrected chi connectivity index (χ4v) is 25.2. The van der Waals surface area contributed by atoms with Crippen LogP contribution < -0.4 is 28.9 Å². The first-order chi connectivity index (χ1) is 70.6. The second-order valence-corrected chi connectivity index (χ2v) is 43.4. The summed E-state index contributed by atoms with van der Waals surface area (Å²) in [7, 11) is 0. The SMILES string of the molecule is CC1(C)c2ccccc2-c2ccc(N(c3ccc(C(=O)Oc4ccc(C(Cc5ccccc5)(c5ccc(OC(=O)c6ccc(N(c7ccc8c(c7)C(C)(C)c7ccccc7-8)c7ccc8c(c7)C(C)(C)c7ccccc7-8)cc6)cc5)c5ccc(OC(=O)c6ccc(N(c7ccc8c(c7)C(C)(C)c7ccccc7-8)c7ccc8c(c7)C(C)(C)c7ccccc7-8)cc6)cc5)cc4)cc3)c3ccc4c(c3)C(C)(C)c3ccccc3-4)cc21. The third-order valence-corrected chi connectivity index (χ3v) is 33.0. The van der Waals surface area contributed by atoms with Crippen LogP contribution in [0.4, 0.5) is 51.2 Å². The summed E-state index contributed by atoms with van der Waals surface area (Å²) in [6.45, 7) is 27.8. The minimum atomic E-state index is -1.01. The number of rotatable bonds is 20. The van der Waals surface area contributed by atoms with Gasteiger partial charge in [0, 0.05) is 89.1 Å². The molecule has 0 aliphatic heterocycles. The molecule has 0 radical (unpaired) electrons. The van der Waals surface area contributed by atoms with Gasteiger partial charge in [-0.2, -0.15) is 0 Å². The van der Waals surface area contributed by atoms with E-state index in [1.807, 2.05) is 164 Å². The molecule has 0 aromatic heterocycles. The molecule has 708 valence electrons. The molecule has 0 fully saturated rings. The van der Waals surface area contributed by atoms with Crippen molar-refractivity contribution in [3.8, 4) is 84.0 Å². The molecule has 9 heteroatoms. The minimum absolute atomic E-state index is 0.242. The number of fused-ring (bicyclic) bond motifs is 18. The van der Waals surface area contributed by atoms with Gasteiger partial charge >= 0.3 is 17.9 Å². The van der Waals surface area contributed by atoms with Crippen LogP contribution in [0.25, 0.3) is 66.8 Å². The van der Waals surface area contributed by atoms with Crippen molar-refractivity contribution < 1.29 is 28.6 Å². The lowest BCUT2D eigenvalue weighted by Gasteiger charge is -2.36. The van der Waals surface area contributed by atoms with Crippen LogP contribution in [0.2, 0.25) is 0 Å². The standard InChI is InChI=1S/C137H109N3O6/c1-131(2)116-36-22-16-30-104(116)110-72-60-95(78-122(110)131)138(96-61-73-111-105-31-17-23-37-117(105)132(3,4)123(111)79-96)92-54-42-86(43-55-92)128(141)144-101-66-48-89(49-67-101)137(84-85-28-14-13-15-29-85,90-50-68-102(69-51-90)145-129(142)87-44-56-93(57-45-87)139(97-62-74-112-106-32-18-24-38-118(106)133(5,6)124(112)80-97)98-63-75-113-107-33-19-25-39-119(107)134(7,8)125(113)81-98)91-52-70-103(71-53-91)146-130(143)88-46-58-94(59-47-88)140(99-64-76-114-108-34-20-26-40-120(108)135(9,10)126(114)82-99)100-65-77-115-109-35-21-27-41-121(109)136(11,12)127(115)83-100/h13-83H,84H2,1-12H3. The summed E-state index contributed by atoms with van der Waals surface area (Å²) in [5.41, 5.74) is 41.3. The predicted octanol–water partition coefficient (Wildman–Crippen LogP) is 34.2. The van der Waals surface area contributed by atoms with Gasteiger partial charge in [-0.3, -0.25) is 0 Å².